The van der Waals surface area contributed by atoms with Gasteiger partial charge in [-0.25, -0.2) is 13.6 Å². The fraction of sp³-hybridized carbons (Fsp3) is 0.929. The van der Waals surface area contributed by atoms with E-state index in [1.165, 1.54) is 0 Å². The summed E-state index contributed by atoms with van der Waals surface area (Å²) in [5.74, 6) is 0.0107. The van der Waals surface area contributed by atoms with Crippen molar-refractivity contribution in [2.75, 3.05) is 6.54 Å². The Morgan fingerprint density at radius 2 is 1.90 bits per heavy atom. The minimum atomic E-state index is -1.34. The second kappa shape index (κ2) is 7.20. The van der Waals surface area contributed by atoms with Crippen molar-refractivity contribution in [1.29, 1.82) is 0 Å². The van der Waals surface area contributed by atoms with E-state index in [1.807, 2.05) is 0 Å². The molecular weight excluding hydrogens is 266 g/mol. The maximum absolute atomic E-state index is 13.0. The van der Waals surface area contributed by atoms with Crippen LogP contribution in [0.5, 0.6) is 0 Å². The summed E-state index contributed by atoms with van der Waals surface area (Å²) in [5.41, 5.74) is 5.40. The molecule has 1 rings (SSSR count). The summed E-state index contributed by atoms with van der Waals surface area (Å²) in [6, 6.07) is -0.160. The zero-order valence-electron chi connectivity index (χ0n) is 12.5. The van der Waals surface area contributed by atoms with Crippen molar-refractivity contribution in [3.05, 3.63) is 0 Å². The Labute approximate surface area is 119 Å². The van der Waals surface area contributed by atoms with Crippen LogP contribution in [0.3, 0.4) is 0 Å². The van der Waals surface area contributed by atoms with Crippen LogP contribution in [-0.4, -0.2) is 36.6 Å². The predicted octanol–water partition coefficient (Wildman–Crippen LogP) is 2.70. The van der Waals surface area contributed by atoms with Crippen molar-refractivity contribution in [1.82, 2.24) is 5.32 Å². The van der Waals surface area contributed by atoms with E-state index in [0.717, 1.165) is 0 Å². The maximum atomic E-state index is 13.0. The monoisotopic (exact) mass is 292 g/mol. The van der Waals surface area contributed by atoms with Gasteiger partial charge < -0.3 is 15.8 Å². The second-order valence-electron chi connectivity index (χ2n) is 6.58. The minimum absolute atomic E-state index is 0.0107. The molecule has 0 bridgehead atoms. The number of carbonyl (C=O) groups is 1. The number of halogens is 2. The molecule has 0 heterocycles. The molecular formula is C14H26F2N2O2. The molecule has 0 saturated heterocycles. The summed E-state index contributed by atoms with van der Waals surface area (Å²) < 4.78 is 31.2. The van der Waals surface area contributed by atoms with Crippen LogP contribution < -0.4 is 11.1 Å². The van der Waals surface area contributed by atoms with Crippen molar-refractivity contribution >= 4 is 6.09 Å². The number of alkyl carbamates (subject to hydrolysis) is 1. The van der Waals surface area contributed by atoms with Crippen LogP contribution in [0, 0.1) is 5.92 Å². The van der Waals surface area contributed by atoms with Gasteiger partial charge in [0, 0.05) is 12.6 Å². The van der Waals surface area contributed by atoms with Crippen LogP contribution in [0.4, 0.5) is 13.6 Å². The first-order valence-corrected chi connectivity index (χ1v) is 7.18. The maximum Gasteiger partial charge on any atom is 0.407 e. The molecule has 0 aromatic carbocycles. The van der Waals surface area contributed by atoms with Crippen LogP contribution in [0.2, 0.25) is 0 Å². The summed E-state index contributed by atoms with van der Waals surface area (Å²) in [6.07, 6.45) is -1.47. The number of nitrogens with one attached hydrogen (secondary N) is 1. The van der Waals surface area contributed by atoms with Crippen molar-refractivity contribution in [2.24, 2.45) is 11.7 Å². The Bertz CT molecular complexity index is 311. The van der Waals surface area contributed by atoms with Crippen LogP contribution in [0.15, 0.2) is 0 Å². The van der Waals surface area contributed by atoms with Gasteiger partial charge in [0.2, 0.25) is 0 Å². The van der Waals surface area contributed by atoms with Crippen LogP contribution in [0.25, 0.3) is 0 Å². The topological polar surface area (TPSA) is 64.3 Å². The number of nitrogens with two attached hydrogens (primary N) is 1. The van der Waals surface area contributed by atoms with E-state index >= 15 is 0 Å². The first-order chi connectivity index (χ1) is 9.17. The SMILES string of the molecule is CC(C)(C)OC(=O)NCCC(N)CC1CC(F)C(F)C1. The van der Waals surface area contributed by atoms with E-state index in [1.54, 1.807) is 20.8 Å². The molecule has 0 aromatic heterocycles. The molecule has 1 saturated carbocycles. The Hall–Kier alpha value is -0.910. The first-order valence-electron chi connectivity index (χ1n) is 7.18. The number of amides is 1. The number of rotatable bonds is 5. The van der Waals surface area contributed by atoms with Gasteiger partial charge in [0.15, 0.2) is 0 Å². The van der Waals surface area contributed by atoms with Crippen molar-refractivity contribution in [3.63, 3.8) is 0 Å². The molecule has 3 N–H and O–H groups in total. The number of carbonyl (C=O) groups excluding carboxylic acids is 1. The van der Waals surface area contributed by atoms with Crippen LogP contribution in [0.1, 0.15) is 46.5 Å². The molecule has 3 atom stereocenters. The molecule has 1 aliphatic rings. The summed E-state index contributed by atoms with van der Waals surface area (Å²) in [6.45, 7) is 5.78. The molecule has 0 spiro atoms. The lowest BCUT2D eigenvalue weighted by atomic mass is 9.97. The molecule has 1 amide bonds. The molecule has 4 nitrogen and oxygen atoms in total. The fourth-order valence-corrected chi connectivity index (χ4v) is 2.44. The number of alkyl halides is 2. The standard InChI is InChI=1S/C14H26F2N2O2/c1-14(2,3)20-13(19)18-5-4-10(17)6-9-7-11(15)12(16)8-9/h9-12H,4-8,17H2,1-3H3,(H,18,19). The van der Waals surface area contributed by atoms with E-state index in [-0.39, 0.29) is 24.8 Å². The molecule has 1 aliphatic carbocycles. The largest absolute Gasteiger partial charge is 0.444 e. The van der Waals surface area contributed by atoms with Gasteiger partial charge in [0.25, 0.3) is 0 Å². The molecule has 0 aliphatic heterocycles. The molecule has 0 radical (unpaired) electrons. The van der Waals surface area contributed by atoms with E-state index < -0.39 is 24.0 Å². The van der Waals surface area contributed by atoms with Gasteiger partial charge in [-0.1, -0.05) is 0 Å². The number of hydrogen-bond donors (Lipinski definition) is 2. The van der Waals surface area contributed by atoms with Crippen molar-refractivity contribution in [3.8, 4) is 0 Å². The molecule has 3 unspecified atom stereocenters. The summed E-state index contributed by atoms with van der Waals surface area (Å²) >= 11 is 0. The van der Waals surface area contributed by atoms with E-state index in [0.29, 0.717) is 19.4 Å². The second-order valence-corrected chi connectivity index (χ2v) is 6.58. The Kier molecular flexibility index (Phi) is 6.17. The van der Waals surface area contributed by atoms with Crippen molar-refractivity contribution < 1.29 is 18.3 Å². The highest BCUT2D eigenvalue weighted by molar-refractivity contribution is 5.67. The summed E-state index contributed by atoms with van der Waals surface area (Å²) in [5, 5.41) is 2.62. The highest BCUT2D eigenvalue weighted by Crippen LogP contribution is 2.33. The molecule has 6 heteroatoms. The number of ether oxygens (including phenoxy) is 1. The van der Waals surface area contributed by atoms with Crippen LogP contribution in [-0.2, 0) is 4.74 Å². The quantitative estimate of drug-likeness (QED) is 0.819. The third kappa shape index (κ3) is 6.50. The predicted molar refractivity (Wildman–Crippen MR) is 74.0 cm³/mol. The van der Waals surface area contributed by atoms with Gasteiger partial charge in [-0.2, -0.15) is 0 Å². The highest BCUT2D eigenvalue weighted by Gasteiger charge is 2.34. The lowest BCUT2D eigenvalue weighted by molar-refractivity contribution is 0.0526. The summed E-state index contributed by atoms with van der Waals surface area (Å²) in [4.78, 5) is 11.4. The fourth-order valence-electron chi connectivity index (χ4n) is 2.44. The van der Waals surface area contributed by atoms with E-state index in [9.17, 15) is 13.6 Å². The minimum Gasteiger partial charge on any atom is -0.444 e. The van der Waals surface area contributed by atoms with Gasteiger partial charge in [-0.05, 0) is 52.4 Å². The number of hydrogen-bond acceptors (Lipinski definition) is 3. The normalized spacial score (nSPS) is 28.2. The average Bonchev–Trinajstić information content (AvgIpc) is 2.54. The summed E-state index contributed by atoms with van der Waals surface area (Å²) in [7, 11) is 0. The smallest absolute Gasteiger partial charge is 0.407 e. The van der Waals surface area contributed by atoms with Crippen LogP contribution >= 0.6 is 0 Å². The van der Waals surface area contributed by atoms with Gasteiger partial charge >= 0.3 is 6.09 Å². The highest BCUT2D eigenvalue weighted by atomic mass is 19.2. The molecule has 1 fully saturated rings. The van der Waals surface area contributed by atoms with E-state index in [4.69, 9.17) is 10.5 Å². The lowest BCUT2D eigenvalue weighted by Gasteiger charge is -2.20. The Morgan fingerprint density at radius 3 is 2.40 bits per heavy atom. The van der Waals surface area contributed by atoms with E-state index in [2.05, 4.69) is 5.32 Å². The Morgan fingerprint density at radius 1 is 1.35 bits per heavy atom. The van der Waals surface area contributed by atoms with Gasteiger partial charge in [0.1, 0.15) is 17.9 Å². The zero-order valence-corrected chi connectivity index (χ0v) is 12.5. The van der Waals surface area contributed by atoms with Gasteiger partial charge in [0.05, 0.1) is 0 Å². The third-order valence-electron chi connectivity index (χ3n) is 3.33. The van der Waals surface area contributed by atoms with Crippen molar-refractivity contribution in [2.45, 2.75) is 70.4 Å². The zero-order chi connectivity index (χ0) is 15.3. The molecule has 0 aromatic rings. The van der Waals surface area contributed by atoms with Gasteiger partial charge in [-0.3, -0.25) is 0 Å². The third-order valence-corrected chi connectivity index (χ3v) is 3.33. The Balaban J connectivity index is 2.14. The van der Waals surface area contributed by atoms with Gasteiger partial charge in [-0.15, -0.1) is 0 Å². The molecule has 20 heavy (non-hydrogen) atoms. The first kappa shape index (κ1) is 17.1. The lowest BCUT2D eigenvalue weighted by Crippen LogP contribution is -2.35. The molecule has 118 valence electrons. The average molecular weight is 292 g/mol.